The van der Waals surface area contributed by atoms with Crippen LogP contribution in [0.3, 0.4) is 0 Å². The highest BCUT2D eigenvalue weighted by Crippen LogP contribution is 2.26. The van der Waals surface area contributed by atoms with E-state index in [-0.39, 0.29) is 17.2 Å². The Kier molecular flexibility index (Phi) is 6.24. The monoisotopic (exact) mass is 455 g/mol. The van der Waals surface area contributed by atoms with Crippen molar-refractivity contribution in [2.45, 2.75) is 11.3 Å². The summed E-state index contributed by atoms with van der Waals surface area (Å²) in [5.74, 6) is -0.229. The molecule has 0 saturated heterocycles. The summed E-state index contributed by atoms with van der Waals surface area (Å²) in [6.07, 6.45) is 1.26. The maximum atomic E-state index is 12.2. The first-order valence-electron chi connectivity index (χ1n) is 7.97. The van der Waals surface area contributed by atoms with Gasteiger partial charge in [0.2, 0.25) is 5.91 Å². The van der Waals surface area contributed by atoms with Gasteiger partial charge in [-0.2, -0.15) is 0 Å². The largest absolute Gasteiger partial charge is 0.332 e. The molecule has 0 spiro atoms. The van der Waals surface area contributed by atoms with Crippen LogP contribution in [0.15, 0.2) is 52.7 Å². The summed E-state index contributed by atoms with van der Waals surface area (Å²) in [6, 6.07) is 11.2. The Morgan fingerprint density at radius 1 is 1.07 bits per heavy atom. The topological polar surface area (TPSA) is 88.2 Å². The fraction of sp³-hybridized carbons (Fsp3) is 0.111. The van der Waals surface area contributed by atoms with E-state index < -0.39 is 9.84 Å². The predicted molar refractivity (Wildman–Crippen MR) is 114 cm³/mol. The molecule has 10 heteroatoms. The molecule has 0 aliphatic heterocycles. The molecular formula is C18H15Cl2N3O3S2. The zero-order valence-electron chi connectivity index (χ0n) is 14.6. The lowest BCUT2D eigenvalue weighted by atomic mass is 10.3. The number of amides is 1. The van der Waals surface area contributed by atoms with Crippen molar-refractivity contribution < 1.29 is 13.2 Å². The van der Waals surface area contributed by atoms with E-state index in [2.05, 4.69) is 15.6 Å². The Labute approximate surface area is 176 Å². The van der Waals surface area contributed by atoms with Crippen molar-refractivity contribution in [3.63, 3.8) is 0 Å². The number of benzene rings is 2. The van der Waals surface area contributed by atoms with E-state index in [9.17, 15) is 13.2 Å². The number of sulfone groups is 1. The molecule has 1 heterocycles. The normalized spacial score (nSPS) is 11.2. The van der Waals surface area contributed by atoms with Gasteiger partial charge in [0.1, 0.15) is 0 Å². The molecule has 6 nitrogen and oxygen atoms in total. The molecule has 1 amide bonds. The van der Waals surface area contributed by atoms with Gasteiger partial charge in [-0.1, -0.05) is 23.2 Å². The highest BCUT2D eigenvalue weighted by atomic mass is 35.5. The molecule has 0 bridgehead atoms. The van der Waals surface area contributed by atoms with Gasteiger partial charge in [-0.15, -0.1) is 11.3 Å². The zero-order chi connectivity index (χ0) is 20.3. The van der Waals surface area contributed by atoms with Crippen LogP contribution in [-0.4, -0.2) is 25.6 Å². The minimum atomic E-state index is -3.23. The minimum absolute atomic E-state index is 0.103. The lowest BCUT2D eigenvalue weighted by molar-refractivity contribution is -0.115. The van der Waals surface area contributed by atoms with Crippen molar-refractivity contribution in [3.05, 3.63) is 63.6 Å². The molecular weight excluding hydrogens is 441 g/mol. The number of carbonyl (C=O) groups is 1. The first-order valence-corrected chi connectivity index (χ1v) is 11.5. The van der Waals surface area contributed by atoms with Gasteiger partial charge in [-0.25, -0.2) is 13.4 Å². The average molecular weight is 456 g/mol. The fourth-order valence-corrected chi connectivity index (χ4v) is 3.96. The SMILES string of the molecule is CS(=O)(=O)c1ccc(Nc2nc(CC(=O)Nc3ccc(Cl)c(Cl)c3)cs2)cc1. The van der Waals surface area contributed by atoms with Crippen molar-refractivity contribution in [3.8, 4) is 0 Å². The van der Waals surface area contributed by atoms with E-state index in [0.717, 1.165) is 6.26 Å². The van der Waals surface area contributed by atoms with Gasteiger partial charge in [0.25, 0.3) is 0 Å². The van der Waals surface area contributed by atoms with Crippen LogP contribution in [-0.2, 0) is 21.1 Å². The molecule has 1 aromatic heterocycles. The zero-order valence-corrected chi connectivity index (χ0v) is 17.7. The molecule has 0 fully saturated rings. The van der Waals surface area contributed by atoms with E-state index in [0.29, 0.717) is 32.2 Å². The van der Waals surface area contributed by atoms with Crippen LogP contribution in [0.25, 0.3) is 0 Å². The molecule has 146 valence electrons. The van der Waals surface area contributed by atoms with Crippen LogP contribution in [0.5, 0.6) is 0 Å². The van der Waals surface area contributed by atoms with Crippen LogP contribution in [0.1, 0.15) is 5.69 Å². The van der Waals surface area contributed by atoms with Crippen molar-refractivity contribution in [2.75, 3.05) is 16.9 Å². The molecule has 2 N–H and O–H groups in total. The van der Waals surface area contributed by atoms with Crippen molar-refractivity contribution >= 4 is 66.8 Å². The summed E-state index contributed by atoms with van der Waals surface area (Å²) in [7, 11) is -3.23. The average Bonchev–Trinajstić information content (AvgIpc) is 3.04. The number of nitrogens with zero attached hydrogens (tertiary/aromatic N) is 1. The van der Waals surface area contributed by atoms with Gasteiger partial charge in [-0.05, 0) is 42.5 Å². The summed E-state index contributed by atoms with van der Waals surface area (Å²) in [5, 5.41) is 8.99. The number of hydrogen-bond donors (Lipinski definition) is 2. The molecule has 0 radical (unpaired) electrons. The van der Waals surface area contributed by atoms with Crippen LogP contribution in [0.4, 0.5) is 16.5 Å². The van der Waals surface area contributed by atoms with E-state index in [1.54, 1.807) is 35.7 Å². The Morgan fingerprint density at radius 2 is 1.75 bits per heavy atom. The first-order chi connectivity index (χ1) is 13.2. The van der Waals surface area contributed by atoms with Crippen molar-refractivity contribution in [2.24, 2.45) is 0 Å². The number of carbonyl (C=O) groups excluding carboxylic acids is 1. The number of hydrogen-bond acceptors (Lipinski definition) is 6. The van der Waals surface area contributed by atoms with E-state index in [1.807, 2.05) is 0 Å². The number of halogens is 2. The molecule has 3 rings (SSSR count). The fourth-order valence-electron chi connectivity index (χ4n) is 2.30. The molecule has 2 aromatic carbocycles. The van der Waals surface area contributed by atoms with Gasteiger partial charge in [-0.3, -0.25) is 4.79 Å². The predicted octanol–water partition coefficient (Wildman–Crippen LogP) is 4.78. The van der Waals surface area contributed by atoms with Crippen LogP contribution in [0.2, 0.25) is 10.0 Å². The number of nitrogens with one attached hydrogen (secondary N) is 2. The first kappa shape index (κ1) is 20.6. The summed E-state index contributed by atoms with van der Waals surface area (Å²) in [4.78, 5) is 16.8. The maximum Gasteiger partial charge on any atom is 0.230 e. The molecule has 0 aliphatic carbocycles. The third kappa shape index (κ3) is 5.45. The highest BCUT2D eigenvalue weighted by molar-refractivity contribution is 7.90. The second-order valence-electron chi connectivity index (χ2n) is 5.92. The van der Waals surface area contributed by atoms with Gasteiger partial charge in [0, 0.05) is 23.0 Å². The van der Waals surface area contributed by atoms with Crippen molar-refractivity contribution in [1.29, 1.82) is 0 Å². The lowest BCUT2D eigenvalue weighted by Gasteiger charge is -2.05. The molecule has 0 unspecified atom stereocenters. The Balaban J connectivity index is 1.60. The summed E-state index contributed by atoms with van der Waals surface area (Å²) in [6.45, 7) is 0. The number of thiazole rings is 1. The quantitative estimate of drug-likeness (QED) is 0.558. The second kappa shape index (κ2) is 8.48. The lowest BCUT2D eigenvalue weighted by Crippen LogP contribution is -2.14. The van der Waals surface area contributed by atoms with E-state index in [1.165, 1.54) is 23.5 Å². The molecule has 28 heavy (non-hydrogen) atoms. The van der Waals surface area contributed by atoms with Gasteiger partial charge in [0.15, 0.2) is 15.0 Å². The van der Waals surface area contributed by atoms with E-state index >= 15 is 0 Å². The van der Waals surface area contributed by atoms with Crippen LogP contribution >= 0.6 is 34.5 Å². The summed E-state index contributed by atoms with van der Waals surface area (Å²) in [5.41, 5.74) is 1.87. The number of anilines is 3. The Morgan fingerprint density at radius 3 is 2.39 bits per heavy atom. The standard InChI is InChI=1S/C18H15Cl2N3O3S2/c1-28(25,26)14-5-2-11(3-6-14)22-18-23-13(10-27-18)9-17(24)21-12-4-7-15(19)16(20)8-12/h2-8,10H,9H2,1H3,(H,21,24)(H,22,23). The van der Waals surface area contributed by atoms with Gasteiger partial charge < -0.3 is 10.6 Å². The second-order valence-corrected chi connectivity index (χ2v) is 9.61. The van der Waals surface area contributed by atoms with Crippen LogP contribution in [0, 0.1) is 0 Å². The molecule has 3 aromatic rings. The summed E-state index contributed by atoms with van der Waals surface area (Å²) < 4.78 is 23.0. The highest BCUT2D eigenvalue weighted by Gasteiger charge is 2.10. The third-order valence-electron chi connectivity index (χ3n) is 3.63. The Hall–Kier alpha value is -2.13. The smallest absolute Gasteiger partial charge is 0.230 e. The number of aromatic nitrogens is 1. The molecule has 0 saturated carbocycles. The van der Waals surface area contributed by atoms with Gasteiger partial charge >= 0.3 is 0 Å². The van der Waals surface area contributed by atoms with Gasteiger partial charge in [0.05, 0.1) is 27.1 Å². The third-order valence-corrected chi connectivity index (χ3v) is 6.30. The maximum absolute atomic E-state index is 12.2. The van der Waals surface area contributed by atoms with Crippen LogP contribution < -0.4 is 10.6 Å². The Bertz CT molecular complexity index is 1110. The van der Waals surface area contributed by atoms with Crippen molar-refractivity contribution in [1.82, 2.24) is 4.98 Å². The van der Waals surface area contributed by atoms with E-state index in [4.69, 9.17) is 23.2 Å². The molecule has 0 aliphatic rings. The summed E-state index contributed by atoms with van der Waals surface area (Å²) >= 11 is 13.1. The molecule has 0 atom stereocenters. The minimum Gasteiger partial charge on any atom is -0.332 e. The number of rotatable bonds is 6.